The van der Waals surface area contributed by atoms with E-state index in [1.807, 2.05) is 6.92 Å². The summed E-state index contributed by atoms with van der Waals surface area (Å²) < 4.78 is 1.55. The highest BCUT2D eigenvalue weighted by molar-refractivity contribution is 5.80. The zero-order valence-electron chi connectivity index (χ0n) is 17.7. The number of nitrogens with one attached hydrogen (secondary N) is 2. The molecule has 0 saturated carbocycles. The molecule has 1 fully saturated rings. The van der Waals surface area contributed by atoms with Gasteiger partial charge in [0.25, 0.3) is 0 Å². The van der Waals surface area contributed by atoms with E-state index in [1.54, 1.807) is 4.68 Å². The van der Waals surface area contributed by atoms with Crippen molar-refractivity contribution in [3.8, 4) is 0 Å². The lowest BCUT2D eigenvalue weighted by atomic mass is 9.97. The van der Waals surface area contributed by atoms with Crippen molar-refractivity contribution in [3.63, 3.8) is 0 Å². The second-order valence-electron chi connectivity index (χ2n) is 7.65. The van der Waals surface area contributed by atoms with Gasteiger partial charge in [-0.25, -0.2) is 0 Å². The van der Waals surface area contributed by atoms with Gasteiger partial charge in [0.15, 0.2) is 5.96 Å². The Morgan fingerprint density at radius 3 is 2.83 bits per heavy atom. The molecule has 2 heterocycles. The van der Waals surface area contributed by atoms with Crippen LogP contribution in [0.3, 0.4) is 0 Å². The first-order valence-corrected chi connectivity index (χ1v) is 10.5. The summed E-state index contributed by atoms with van der Waals surface area (Å²) in [5.41, 5.74) is 1.35. The smallest absolute Gasteiger partial charge is 0.306 e. The topological polar surface area (TPSA) is 101 Å². The molecule has 0 spiro atoms. The van der Waals surface area contributed by atoms with E-state index in [-0.39, 0.29) is 5.69 Å². The third kappa shape index (κ3) is 6.28. The largest absolute Gasteiger partial charge is 0.357 e. The van der Waals surface area contributed by atoms with Gasteiger partial charge in [-0.1, -0.05) is 30.3 Å². The molecule has 9 nitrogen and oxygen atoms in total. The Balaban J connectivity index is 1.49. The van der Waals surface area contributed by atoms with Crippen LogP contribution >= 0.6 is 0 Å². The molecule has 1 saturated heterocycles. The highest BCUT2D eigenvalue weighted by Crippen LogP contribution is 2.20. The van der Waals surface area contributed by atoms with Crippen LogP contribution in [0.25, 0.3) is 0 Å². The molecule has 9 heteroatoms. The molecule has 0 amide bonds. The molecule has 30 heavy (non-hydrogen) atoms. The van der Waals surface area contributed by atoms with E-state index >= 15 is 0 Å². The molecule has 3 rings (SSSR count). The SMILES string of the molecule is CCNC(=NCCn1cc([N+](=O)[O-])cn1)NC1CCN(Cc2ccccc2)C(C)C1. The van der Waals surface area contributed by atoms with Crippen LogP contribution in [0, 0.1) is 10.1 Å². The van der Waals surface area contributed by atoms with E-state index in [4.69, 9.17) is 0 Å². The second kappa shape index (κ2) is 10.7. The van der Waals surface area contributed by atoms with E-state index < -0.39 is 4.92 Å². The molecule has 1 aromatic heterocycles. The fourth-order valence-electron chi connectivity index (χ4n) is 3.75. The average molecular weight is 414 g/mol. The summed E-state index contributed by atoms with van der Waals surface area (Å²) in [6.45, 7) is 8.13. The number of hydrogen-bond acceptors (Lipinski definition) is 5. The van der Waals surface area contributed by atoms with Gasteiger partial charge in [0.05, 0.1) is 18.0 Å². The Labute approximate surface area is 177 Å². The van der Waals surface area contributed by atoms with Crippen LogP contribution in [0.15, 0.2) is 47.7 Å². The van der Waals surface area contributed by atoms with E-state index in [1.165, 1.54) is 18.0 Å². The molecule has 0 aliphatic carbocycles. The van der Waals surface area contributed by atoms with Gasteiger partial charge >= 0.3 is 5.69 Å². The zero-order chi connectivity index (χ0) is 21.3. The van der Waals surface area contributed by atoms with Crippen LogP contribution in [-0.4, -0.2) is 57.3 Å². The fourth-order valence-corrected chi connectivity index (χ4v) is 3.75. The summed E-state index contributed by atoms with van der Waals surface area (Å²) in [6, 6.07) is 11.5. The molecular weight excluding hydrogens is 382 g/mol. The molecule has 1 aromatic carbocycles. The summed E-state index contributed by atoms with van der Waals surface area (Å²) in [5.74, 6) is 0.785. The molecule has 162 valence electrons. The lowest BCUT2D eigenvalue weighted by molar-refractivity contribution is -0.385. The molecule has 1 aliphatic heterocycles. The summed E-state index contributed by atoms with van der Waals surface area (Å²) in [4.78, 5) is 17.5. The van der Waals surface area contributed by atoms with E-state index in [2.05, 4.69) is 62.9 Å². The van der Waals surface area contributed by atoms with Gasteiger partial charge in [0.2, 0.25) is 0 Å². The number of piperidine rings is 1. The van der Waals surface area contributed by atoms with Crippen LogP contribution in [0.2, 0.25) is 0 Å². The van der Waals surface area contributed by atoms with E-state index in [0.717, 1.165) is 38.4 Å². The molecule has 2 unspecified atom stereocenters. The number of nitro groups is 1. The van der Waals surface area contributed by atoms with Gasteiger partial charge in [-0.15, -0.1) is 0 Å². The summed E-state index contributed by atoms with van der Waals surface area (Å²) in [7, 11) is 0. The maximum absolute atomic E-state index is 10.8. The Bertz CT molecular complexity index is 837. The summed E-state index contributed by atoms with van der Waals surface area (Å²) >= 11 is 0. The number of benzene rings is 1. The zero-order valence-corrected chi connectivity index (χ0v) is 17.7. The Morgan fingerprint density at radius 2 is 2.17 bits per heavy atom. The minimum atomic E-state index is -0.441. The Hall–Kier alpha value is -2.94. The predicted octanol–water partition coefficient (Wildman–Crippen LogP) is 2.40. The molecule has 2 atom stereocenters. The van der Waals surface area contributed by atoms with Crippen LogP contribution in [0.1, 0.15) is 32.3 Å². The predicted molar refractivity (Wildman–Crippen MR) is 117 cm³/mol. The van der Waals surface area contributed by atoms with Gasteiger partial charge in [-0.2, -0.15) is 5.10 Å². The first-order chi connectivity index (χ1) is 14.5. The number of guanidine groups is 1. The van der Waals surface area contributed by atoms with Crippen molar-refractivity contribution >= 4 is 11.6 Å². The normalized spacial score (nSPS) is 20.1. The molecule has 0 radical (unpaired) electrons. The second-order valence-corrected chi connectivity index (χ2v) is 7.65. The number of aliphatic imine (C=N–C) groups is 1. The number of aromatic nitrogens is 2. The third-order valence-electron chi connectivity index (χ3n) is 5.36. The van der Waals surface area contributed by atoms with Gasteiger partial charge in [-0.3, -0.25) is 24.7 Å². The highest BCUT2D eigenvalue weighted by Gasteiger charge is 2.25. The third-order valence-corrected chi connectivity index (χ3v) is 5.36. The van der Waals surface area contributed by atoms with Crippen molar-refractivity contribution in [2.75, 3.05) is 19.6 Å². The standard InChI is InChI=1S/C21H31N7O2/c1-3-22-21(23-10-12-27-16-20(14-24-27)28(29)30)25-19-9-11-26(17(2)13-19)15-18-7-5-4-6-8-18/h4-8,14,16-17,19H,3,9-13,15H2,1-2H3,(H2,22,23,25). The van der Waals surface area contributed by atoms with Gasteiger partial charge in [0, 0.05) is 31.7 Å². The quantitative estimate of drug-likeness (QED) is 0.298. The number of likely N-dealkylation sites (tertiary alicyclic amines) is 1. The van der Waals surface area contributed by atoms with Crippen LogP contribution in [0.5, 0.6) is 0 Å². The molecule has 1 aliphatic rings. The Kier molecular flexibility index (Phi) is 7.78. The minimum absolute atomic E-state index is 0.000242. The van der Waals surface area contributed by atoms with Crippen molar-refractivity contribution in [3.05, 3.63) is 58.4 Å². The van der Waals surface area contributed by atoms with Crippen LogP contribution < -0.4 is 10.6 Å². The first-order valence-electron chi connectivity index (χ1n) is 10.5. The highest BCUT2D eigenvalue weighted by atomic mass is 16.6. The lowest BCUT2D eigenvalue weighted by Crippen LogP contribution is -2.51. The molecule has 2 aromatic rings. The minimum Gasteiger partial charge on any atom is -0.357 e. The first kappa shape index (κ1) is 21.8. The van der Waals surface area contributed by atoms with Crippen molar-refractivity contribution in [2.24, 2.45) is 4.99 Å². The maximum atomic E-state index is 10.8. The molecular formula is C21H31N7O2. The van der Waals surface area contributed by atoms with Crippen LogP contribution in [0.4, 0.5) is 5.69 Å². The van der Waals surface area contributed by atoms with Gasteiger partial charge < -0.3 is 10.6 Å². The molecule has 2 N–H and O–H groups in total. The van der Waals surface area contributed by atoms with Gasteiger partial charge in [-0.05, 0) is 32.3 Å². The number of hydrogen-bond donors (Lipinski definition) is 2. The number of nitrogens with zero attached hydrogens (tertiary/aromatic N) is 5. The van der Waals surface area contributed by atoms with Crippen molar-refractivity contribution < 1.29 is 4.92 Å². The maximum Gasteiger partial charge on any atom is 0.306 e. The van der Waals surface area contributed by atoms with Gasteiger partial charge in [0.1, 0.15) is 12.4 Å². The molecule has 0 bridgehead atoms. The van der Waals surface area contributed by atoms with Crippen LogP contribution in [-0.2, 0) is 13.1 Å². The average Bonchev–Trinajstić information content (AvgIpc) is 3.20. The van der Waals surface area contributed by atoms with Crippen molar-refractivity contribution in [2.45, 2.75) is 51.9 Å². The monoisotopic (exact) mass is 413 g/mol. The summed E-state index contributed by atoms with van der Waals surface area (Å²) in [5, 5.41) is 21.6. The van der Waals surface area contributed by atoms with E-state index in [9.17, 15) is 10.1 Å². The van der Waals surface area contributed by atoms with E-state index in [0.29, 0.717) is 25.2 Å². The fraction of sp³-hybridized carbons (Fsp3) is 0.524. The lowest BCUT2D eigenvalue weighted by Gasteiger charge is -2.38. The summed E-state index contributed by atoms with van der Waals surface area (Å²) in [6.07, 6.45) is 4.81. The number of rotatable bonds is 8. The van der Waals surface area contributed by atoms with Crippen molar-refractivity contribution in [1.82, 2.24) is 25.3 Å². The Morgan fingerprint density at radius 1 is 1.37 bits per heavy atom. The van der Waals surface area contributed by atoms with Crippen molar-refractivity contribution in [1.29, 1.82) is 0 Å².